The third kappa shape index (κ3) is 4.20. The van der Waals surface area contributed by atoms with Gasteiger partial charge in [-0.3, -0.25) is 0 Å². The van der Waals surface area contributed by atoms with Gasteiger partial charge in [-0.2, -0.15) is 0 Å². The number of ether oxygens (including phenoxy) is 2. The molecule has 1 aliphatic rings. The highest BCUT2D eigenvalue weighted by atomic mass is 79.9. The van der Waals surface area contributed by atoms with E-state index in [1.165, 1.54) is 12.8 Å². The lowest BCUT2D eigenvalue weighted by Crippen LogP contribution is -2.15. The number of hydrogen-bond acceptors (Lipinski definition) is 3. The largest absolute Gasteiger partial charge is 0.494 e. The van der Waals surface area contributed by atoms with Crippen molar-refractivity contribution in [3.8, 4) is 5.75 Å². The molecule has 0 amide bonds. The summed E-state index contributed by atoms with van der Waals surface area (Å²) in [5.41, 5.74) is 7.41. The van der Waals surface area contributed by atoms with Crippen molar-refractivity contribution in [2.45, 2.75) is 44.8 Å². The molecule has 19 heavy (non-hydrogen) atoms. The Hall–Kier alpha value is -0.580. The number of hydrogen-bond donors (Lipinski definition) is 1. The van der Waals surface area contributed by atoms with Gasteiger partial charge in [0.1, 0.15) is 5.75 Å². The first-order valence-corrected chi connectivity index (χ1v) is 7.79. The van der Waals surface area contributed by atoms with Gasteiger partial charge in [0, 0.05) is 17.1 Å². The summed E-state index contributed by atoms with van der Waals surface area (Å²) < 4.78 is 12.1. The van der Waals surface area contributed by atoms with E-state index in [2.05, 4.69) is 22.0 Å². The molecule has 0 aliphatic carbocycles. The lowest BCUT2D eigenvalue weighted by Gasteiger charge is -2.17. The molecule has 1 heterocycles. The van der Waals surface area contributed by atoms with Gasteiger partial charge in [0.25, 0.3) is 0 Å². The van der Waals surface area contributed by atoms with E-state index in [0.717, 1.165) is 35.2 Å². The highest BCUT2D eigenvalue weighted by Gasteiger charge is 2.18. The van der Waals surface area contributed by atoms with Gasteiger partial charge in [0.2, 0.25) is 0 Å². The molecule has 2 rings (SSSR count). The number of rotatable bonds is 6. The maximum Gasteiger partial charge on any atom is 0.120 e. The van der Waals surface area contributed by atoms with E-state index < -0.39 is 0 Å². The van der Waals surface area contributed by atoms with Crippen molar-refractivity contribution in [1.29, 1.82) is 0 Å². The van der Waals surface area contributed by atoms with Gasteiger partial charge < -0.3 is 15.2 Å². The molecular formula is C15H22BrNO2. The molecule has 2 unspecified atom stereocenters. The summed E-state index contributed by atoms with van der Waals surface area (Å²) >= 11 is 3.58. The Kier molecular flexibility index (Phi) is 5.67. The van der Waals surface area contributed by atoms with Crippen LogP contribution in [-0.2, 0) is 4.74 Å². The van der Waals surface area contributed by atoms with Crippen molar-refractivity contribution in [1.82, 2.24) is 0 Å². The molecular weight excluding hydrogens is 306 g/mol. The molecule has 0 saturated carbocycles. The highest BCUT2D eigenvalue weighted by molar-refractivity contribution is 9.10. The Balaban J connectivity index is 1.92. The second kappa shape index (κ2) is 7.27. The van der Waals surface area contributed by atoms with Gasteiger partial charge in [0.15, 0.2) is 0 Å². The van der Waals surface area contributed by atoms with Crippen molar-refractivity contribution in [3.63, 3.8) is 0 Å². The van der Waals surface area contributed by atoms with Gasteiger partial charge in [-0.1, -0.05) is 22.0 Å². The number of benzene rings is 1. The van der Waals surface area contributed by atoms with E-state index in [-0.39, 0.29) is 6.04 Å². The number of halogens is 1. The first-order valence-electron chi connectivity index (χ1n) is 7.00. The monoisotopic (exact) mass is 327 g/mol. The quantitative estimate of drug-likeness (QED) is 0.864. The molecule has 2 N–H and O–H groups in total. The second-order valence-electron chi connectivity index (χ2n) is 4.94. The SMILES string of the molecule is CCOc1ccc(C(N)CCC2CCCO2)c(Br)c1. The van der Waals surface area contributed by atoms with Crippen LogP contribution in [0.5, 0.6) is 5.75 Å². The van der Waals surface area contributed by atoms with Crippen LogP contribution < -0.4 is 10.5 Å². The Labute approximate surface area is 123 Å². The zero-order valence-corrected chi connectivity index (χ0v) is 13.0. The average molecular weight is 328 g/mol. The third-order valence-electron chi connectivity index (χ3n) is 3.51. The van der Waals surface area contributed by atoms with Crippen molar-refractivity contribution >= 4 is 15.9 Å². The summed E-state index contributed by atoms with van der Waals surface area (Å²) in [6.45, 7) is 3.57. The maximum absolute atomic E-state index is 6.27. The summed E-state index contributed by atoms with van der Waals surface area (Å²) in [6, 6.07) is 6.07. The van der Waals surface area contributed by atoms with Gasteiger partial charge in [-0.05, 0) is 50.3 Å². The summed E-state index contributed by atoms with van der Waals surface area (Å²) in [5.74, 6) is 0.879. The Morgan fingerprint density at radius 2 is 2.37 bits per heavy atom. The topological polar surface area (TPSA) is 44.5 Å². The minimum atomic E-state index is 0.0502. The van der Waals surface area contributed by atoms with E-state index >= 15 is 0 Å². The average Bonchev–Trinajstić information content (AvgIpc) is 2.89. The van der Waals surface area contributed by atoms with Gasteiger partial charge in [-0.25, -0.2) is 0 Å². The summed E-state index contributed by atoms with van der Waals surface area (Å²) in [5, 5.41) is 0. The zero-order valence-electron chi connectivity index (χ0n) is 11.4. The van der Waals surface area contributed by atoms with E-state index in [1.807, 2.05) is 19.1 Å². The Bertz CT molecular complexity index is 405. The van der Waals surface area contributed by atoms with Crippen LogP contribution in [0, 0.1) is 0 Å². The van der Waals surface area contributed by atoms with Crippen LogP contribution in [0.4, 0.5) is 0 Å². The highest BCUT2D eigenvalue weighted by Crippen LogP contribution is 2.30. The first-order chi connectivity index (χ1) is 9.20. The van der Waals surface area contributed by atoms with Crippen molar-refractivity contribution in [2.24, 2.45) is 5.73 Å². The molecule has 1 aliphatic heterocycles. The number of nitrogens with two attached hydrogens (primary N) is 1. The normalized spacial score (nSPS) is 20.5. The lowest BCUT2D eigenvalue weighted by atomic mass is 10.00. The summed E-state index contributed by atoms with van der Waals surface area (Å²) in [4.78, 5) is 0. The molecule has 2 atom stereocenters. The third-order valence-corrected chi connectivity index (χ3v) is 4.19. The first kappa shape index (κ1) is 14.8. The van der Waals surface area contributed by atoms with Crippen molar-refractivity contribution in [3.05, 3.63) is 28.2 Å². The molecule has 0 bridgehead atoms. The molecule has 1 fully saturated rings. The molecule has 1 aromatic rings. The standard InChI is InChI=1S/C15H22BrNO2/c1-2-18-12-5-7-13(14(16)10-12)15(17)8-6-11-4-3-9-19-11/h5,7,10-11,15H,2-4,6,8-9,17H2,1H3. The molecule has 4 heteroatoms. The van der Waals surface area contributed by atoms with E-state index in [9.17, 15) is 0 Å². The molecule has 0 spiro atoms. The van der Waals surface area contributed by atoms with E-state index in [4.69, 9.17) is 15.2 Å². The predicted molar refractivity (Wildman–Crippen MR) is 80.4 cm³/mol. The van der Waals surface area contributed by atoms with Crippen molar-refractivity contribution < 1.29 is 9.47 Å². The van der Waals surface area contributed by atoms with Gasteiger partial charge in [-0.15, -0.1) is 0 Å². The van der Waals surface area contributed by atoms with Crippen LogP contribution in [0.2, 0.25) is 0 Å². The van der Waals surface area contributed by atoms with Gasteiger partial charge in [0.05, 0.1) is 12.7 Å². The predicted octanol–water partition coefficient (Wildman–Crippen LogP) is 3.81. The van der Waals surface area contributed by atoms with Gasteiger partial charge >= 0.3 is 0 Å². The maximum atomic E-state index is 6.27. The minimum absolute atomic E-state index is 0.0502. The Morgan fingerprint density at radius 3 is 3.00 bits per heavy atom. The summed E-state index contributed by atoms with van der Waals surface area (Å²) in [6.07, 6.45) is 4.77. The van der Waals surface area contributed by atoms with Crippen LogP contribution in [0.25, 0.3) is 0 Å². The molecule has 0 radical (unpaired) electrons. The molecule has 1 saturated heterocycles. The van der Waals surface area contributed by atoms with Crippen LogP contribution >= 0.6 is 15.9 Å². The lowest BCUT2D eigenvalue weighted by molar-refractivity contribution is 0.101. The summed E-state index contributed by atoms with van der Waals surface area (Å²) in [7, 11) is 0. The van der Waals surface area contributed by atoms with E-state index in [1.54, 1.807) is 0 Å². The minimum Gasteiger partial charge on any atom is -0.494 e. The van der Waals surface area contributed by atoms with Crippen LogP contribution in [0.1, 0.15) is 44.2 Å². The van der Waals surface area contributed by atoms with Crippen LogP contribution in [-0.4, -0.2) is 19.3 Å². The Morgan fingerprint density at radius 1 is 1.53 bits per heavy atom. The zero-order chi connectivity index (χ0) is 13.7. The fourth-order valence-corrected chi connectivity index (χ4v) is 3.11. The molecule has 3 nitrogen and oxygen atoms in total. The van der Waals surface area contributed by atoms with E-state index in [0.29, 0.717) is 12.7 Å². The van der Waals surface area contributed by atoms with Crippen molar-refractivity contribution in [2.75, 3.05) is 13.2 Å². The molecule has 0 aromatic heterocycles. The molecule has 106 valence electrons. The van der Waals surface area contributed by atoms with Crippen LogP contribution in [0.3, 0.4) is 0 Å². The smallest absolute Gasteiger partial charge is 0.120 e. The van der Waals surface area contributed by atoms with Crippen LogP contribution in [0.15, 0.2) is 22.7 Å². The second-order valence-corrected chi connectivity index (χ2v) is 5.79. The fourth-order valence-electron chi connectivity index (χ4n) is 2.46. The molecule has 1 aromatic carbocycles. The fraction of sp³-hybridized carbons (Fsp3) is 0.600.